The summed E-state index contributed by atoms with van der Waals surface area (Å²) in [4.78, 5) is 20.8. The Labute approximate surface area is 117 Å². The average molecular weight is 356 g/mol. The lowest BCUT2D eigenvalue weighted by molar-refractivity contribution is -0.117. The van der Waals surface area contributed by atoms with Gasteiger partial charge in [0.2, 0.25) is 15.9 Å². The summed E-state index contributed by atoms with van der Waals surface area (Å²) >= 11 is 8.84. The van der Waals surface area contributed by atoms with Gasteiger partial charge in [-0.2, -0.15) is 0 Å². The molecule has 1 fully saturated rings. The van der Waals surface area contributed by atoms with Crippen molar-refractivity contribution in [1.82, 2.24) is 9.97 Å². The first-order valence-corrected chi connectivity index (χ1v) is 7.57. The largest absolute Gasteiger partial charge is 0.294 e. The van der Waals surface area contributed by atoms with Gasteiger partial charge in [0.1, 0.15) is 9.85 Å². The van der Waals surface area contributed by atoms with Crippen LogP contribution in [-0.4, -0.2) is 36.1 Å². The van der Waals surface area contributed by atoms with E-state index in [1.165, 1.54) is 11.1 Å². The highest BCUT2D eigenvalue weighted by Gasteiger charge is 2.38. The third kappa shape index (κ3) is 2.63. The number of anilines is 1. The monoisotopic (exact) mass is 354 g/mol. The Morgan fingerprint density at radius 3 is 2.72 bits per heavy atom. The van der Waals surface area contributed by atoms with Crippen LogP contribution in [0, 0.1) is 0 Å². The molecule has 0 aromatic carbocycles. The van der Waals surface area contributed by atoms with E-state index in [-0.39, 0.29) is 29.8 Å². The molecule has 1 aromatic heterocycles. The Morgan fingerprint density at radius 2 is 2.22 bits per heavy atom. The number of hydrogen-bond acceptors (Lipinski definition) is 5. The SMILES string of the molecule is NS(=O)(=O)C1CC(=O)N(c2cnc(Br)c(Cl)n2)C1. The highest BCUT2D eigenvalue weighted by Crippen LogP contribution is 2.25. The maximum atomic E-state index is 11.7. The zero-order valence-electron chi connectivity index (χ0n) is 8.88. The second-order valence-corrected chi connectivity index (χ2v) is 6.68. The molecule has 1 unspecified atom stereocenters. The maximum Gasteiger partial charge on any atom is 0.229 e. The van der Waals surface area contributed by atoms with E-state index in [0.29, 0.717) is 4.60 Å². The van der Waals surface area contributed by atoms with Crippen LogP contribution in [-0.2, 0) is 14.8 Å². The summed E-state index contributed by atoms with van der Waals surface area (Å²) in [5.41, 5.74) is 0. The summed E-state index contributed by atoms with van der Waals surface area (Å²) in [7, 11) is -3.75. The molecule has 2 N–H and O–H groups in total. The number of carbonyl (C=O) groups is 1. The number of rotatable bonds is 2. The Kier molecular flexibility index (Phi) is 3.58. The van der Waals surface area contributed by atoms with Crippen molar-refractivity contribution >= 4 is 49.3 Å². The minimum atomic E-state index is -3.75. The van der Waals surface area contributed by atoms with Crippen LogP contribution in [0.4, 0.5) is 5.82 Å². The van der Waals surface area contributed by atoms with Crippen molar-refractivity contribution in [2.24, 2.45) is 5.14 Å². The van der Waals surface area contributed by atoms with Crippen molar-refractivity contribution in [2.45, 2.75) is 11.7 Å². The maximum absolute atomic E-state index is 11.7. The lowest BCUT2D eigenvalue weighted by Gasteiger charge is -2.14. The Morgan fingerprint density at radius 1 is 1.56 bits per heavy atom. The van der Waals surface area contributed by atoms with E-state index in [4.69, 9.17) is 16.7 Å². The van der Waals surface area contributed by atoms with E-state index in [9.17, 15) is 13.2 Å². The summed E-state index contributed by atoms with van der Waals surface area (Å²) in [6.07, 6.45) is 1.17. The van der Waals surface area contributed by atoms with E-state index >= 15 is 0 Å². The van der Waals surface area contributed by atoms with E-state index in [1.807, 2.05) is 0 Å². The third-order valence-corrected chi connectivity index (χ3v) is 4.82. The van der Waals surface area contributed by atoms with Gasteiger partial charge in [-0.3, -0.25) is 9.69 Å². The summed E-state index contributed by atoms with van der Waals surface area (Å²) in [5.74, 6) is -0.166. The van der Waals surface area contributed by atoms with Gasteiger partial charge in [-0.15, -0.1) is 0 Å². The smallest absolute Gasteiger partial charge is 0.229 e. The van der Waals surface area contributed by atoms with E-state index in [2.05, 4.69) is 25.9 Å². The Balaban J connectivity index is 2.30. The molecular weight excluding hydrogens is 348 g/mol. The minimum Gasteiger partial charge on any atom is -0.294 e. The van der Waals surface area contributed by atoms with Gasteiger partial charge in [0.25, 0.3) is 0 Å². The fraction of sp³-hybridized carbons (Fsp3) is 0.375. The second kappa shape index (κ2) is 4.72. The molecule has 0 saturated carbocycles. The lowest BCUT2D eigenvalue weighted by Crippen LogP contribution is -2.32. The third-order valence-electron chi connectivity index (χ3n) is 2.51. The lowest BCUT2D eigenvalue weighted by atomic mass is 10.4. The number of nitrogens with two attached hydrogens (primary N) is 1. The normalized spacial score (nSPS) is 20.5. The van der Waals surface area contributed by atoms with Crippen molar-refractivity contribution in [2.75, 3.05) is 11.4 Å². The highest BCUT2D eigenvalue weighted by atomic mass is 79.9. The standard InChI is InChI=1S/C8H8BrClN4O3S/c9-7-8(10)13-5(2-12-7)14-3-4(1-6(14)15)18(11,16)17/h2,4H,1,3H2,(H2,11,16,17). The predicted octanol–water partition coefficient (Wildman–Crippen LogP) is 0.286. The molecule has 0 spiro atoms. The van der Waals surface area contributed by atoms with Crippen molar-refractivity contribution in [3.63, 3.8) is 0 Å². The van der Waals surface area contributed by atoms with Gasteiger partial charge >= 0.3 is 0 Å². The molecule has 98 valence electrons. The quantitative estimate of drug-likeness (QED) is 0.820. The molecule has 0 bridgehead atoms. The van der Waals surface area contributed by atoms with Crippen molar-refractivity contribution in [3.8, 4) is 0 Å². The van der Waals surface area contributed by atoms with Gasteiger partial charge < -0.3 is 0 Å². The van der Waals surface area contributed by atoms with Crippen molar-refractivity contribution in [1.29, 1.82) is 0 Å². The van der Waals surface area contributed by atoms with Crippen LogP contribution in [0.3, 0.4) is 0 Å². The fourth-order valence-electron chi connectivity index (χ4n) is 1.59. The first-order valence-electron chi connectivity index (χ1n) is 4.79. The van der Waals surface area contributed by atoms with Gasteiger partial charge in [0.05, 0.1) is 6.20 Å². The van der Waals surface area contributed by atoms with Gasteiger partial charge in [-0.05, 0) is 15.9 Å². The average Bonchev–Trinajstić information content (AvgIpc) is 2.64. The number of amides is 1. The van der Waals surface area contributed by atoms with Crippen LogP contribution in [0.2, 0.25) is 5.15 Å². The number of aromatic nitrogens is 2. The van der Waals surface area contributed by atoms with Crippen LogP contribution in [0.5, 0.6) is 0 Å². The topological polar surface area (TPSA) is 106 Å². The predicted molar refractivity (Wildman–Crippen MR) is 68.6 cm³/mol. The second-order valence-electron chi connectivity index (χ2n) is 3.73. The molecule has 1 atom stereocenters. The fourth-order valence-corrected chi connectivity index (χ4v) is 2.65. The van der Waals surface area contributed by atoms with E-state index in [0.717, 1.165) is 0 Å². The summed E-state index contributed by atoms with van der Waals surface area (Å²) in [6.45, 7) is -0.0374. The van der Waals surface area contributed by atoms with Crippen LogP contribution >= 0.6 is 27.5 Å². The zero-order chi connectivity index (χ0) is 13.5. The molecular formula is C8H8BrClN4O3S. The van der Waals surface area contributed by atoms with Gasteiger partial charge in [-0.25, -0.2) is 23.5 Å². The molecule has 18 heavy (non-hydrogen) atoms. The molecule has 1 aliphatic heterocycles. The molecule has 1 saturated heterocycles. The first-order chi connectivity index (χ1) is 8.29. The van der Waals surface area contributed by atoms with Crippen LogP contribution in [0.25, 0.3) is 0 Å². The van der Waals surface area contributed by atoms with E-state index < -0.39 is 15.3 Å². The number of sulfonamides is 1. The van der Waals surface area contributed by atoms with Crippen LogP contribution < -0.4 is 10.0 Å². The summed E-state index contributed by atoms with van der Waals surface area (Å²) in [6, 6.07) is 0. The minimum absolute atomic E-state index is 0.0374. The number of primary sulfonamides is 1. The van der Waals surface area contributed by atoms with Gasteiger partial charge in [-0.1, -0.05) is 11.6 Å². The van der Waals surface area contributed by atoms with Gasteiger partial charge in [0.15, 0.2) is 11.0 Å². The summed E-state index contributed by atoms with van der Waals surface area (Å²) < 4.78 is 22.8. The Bertz CT molecular complexity index is 608. The molecule has 1 amide bonds. The zero-order valence-corrected chi connectivity index (χ0v) is 12.0. The Hall–Kier alpha value is -0.770. The van der Waals surface area contributed by atoms with E-state index in [1.54, 1.807) is 0 Å². The van der Waals surface area contributed by atoms with Crippen LogP contribution in [0.1, 0.15) is 6.42 Å². The van der Waals surface area contributed by atoms with Gasteiger partial charge in [0, 0.05) is 13.0 Å². The molecule has 0 aliphatic carbocycles. The highest BCUT2D eigenvalue weighted by molar-refractivity contribution is 9.10. The number of halogens is 2. The molecule has 10 heteroatoms. The van der Waals surface area contributed by atoms with Crippen LogP contribution in [0.15, 0.2) is 10.8 Å². The molecule has 1 aromatic rings. The first kappa shape index (κ1) is 13.7. The summed E-state index contributed by atoms with van der Waals surface area (Å²) in [5, 5.41) is 4.20. The number of nitrogens with zero attached hydrogens (tertiary/aromatic N) is 3. The number of hydrogen-bond donors (Lipinski definition) is 1. The molecule has 1 aliphatic rings. The van der Waals surface area contributed by atoms with Crippen molar-refractivity contribution in [3.05, 3.63) is 16.0 Å². The molecule has 2 heterocycles. The molecule has 2 rings (SSSR count). The molecule has 7 nitrogen and oxygen atoms in total. The molecule has 0 radical (unpaired) electrons. The number of carbonyl (C=O) groups excluding carboxylic acids is 1. The van der Waals surface area contributed by atoms with Crippen molar-refractivity contribution < 1.29 is 13.2 Å².